The second kappa shape index (κ2) is 7.76. The first-order chi connectivity index (χ1) is 13.9. The molecule has 4 heterocycles. The van der Waals surface area contributed by atoms with Crippen LogP contribution < -0.4 is 0 Å². The molecule has 4 rings (SSSR count). The van der Waals surface area contributed by atoms with Crippen LogP contribution >= 0.6 is 0 Å². The first kappa shape index (κ1) is 19.9. The van der Waals surface area contributed by atoms with Gasteiger partial charge in [0.1, 0.15) is 6.29 Å². The van der Waals surface area contributed by atoms with Gasteiger partial charge in [-0.1, -0.05) is 0 Å². The highest BCUT2D eigenvalue weighted by Gasteiger charge is 2.27. The van der Waals surface area contributed by atoms with Crippen LogP contribution in [0.3, 0.4) is 0 Å². The molecule has 154 valence electrons. The van der Waals surface area contributed by atoms with Gasteiger partial charge in [-0.05, 0) is 64.5 Å². The molecule has 0 saturated carbocycles. The molecule has 6 nitrogen and oxygen atoms in total. The van der Waals surface area contributed by atoms with E-state index in [9.17, 15) is 4.79 Å². The van der Waals surface area contributed by atoms with Gasteiger partial charge in [-0.3, -0.25) is 14.4 Å². The van der Waals surface area contributed by atoms with Crippen molar-refractivity contribution < 1.29 is 4.79 Å². The van der Waals surface area contributed by atoms with Crippen molar-refractivity contribution in [2.45, 2.75) is 38.8 Å². The molecule has 29 heavy (non-hydrogen) atoms. The minimum absolute atomic E-state index is 0.240. The van der Waals surface area contributed by atoms with Crippen molar-refractivity contribution >= 4 is 11.8 Å². The molecule has 0 radical (unpaired) electrons. The summed E-state index contributed by atoms with van der Waals surface area (Å²) >= 11 is 0. The number of nitrogens with zero attached hydrogens (tertiary/aromatic N) is 5. The molecule has 0 aromatic carbocycles. The third kappa shape index (κ3) is 3.63. The lowest BCUT2D eigenvalue weighted by Crippen LogP contribution is -2.43. The molecule has 1 fully saturated rings. The Hall–Kier alpha value is -2.44. The van der Waals surface area contributed by atoms with Gasteiger partial charge in [-0.15, -0.1) is 0 Å². The molecule has 1 aliphatic rings. The fraction of sp³-hybridized carbons (Fsp3) is 0.478. The first-order valence-electron chi connectivity index (χ1n) is 10.4. The number of piperidine rings is 1. The smallest absolute Gasteiger partial charge is 0.150 e. The lowest BCUT2D eigenvalue weighted by Gasteiger charge is -2.39. The summed E-state index contributed by atoms with van der Waals surface area (Å²) in [6.45, 7) is 6.49. The third-order valence-electron chi connectivity index (χ3n) is 6.54. The van der Waals surface area contributed by atoms with Crippen LogP contribution in [0.2, 0.25) is 0 Å². The highest BCUT2D eigenvalue weighted by Crippen LogP contribution is 2.32. The van der Waals surface area contributed by atoms with Crippen molar-refractivity contribution in [1.29, 1.82) is 0 Å². The maximum atomic E-state index is 11.8. The molecule has 6 heteroatoms. The summed E-state index contributed by atoms with van der Waals surface area (Å²) in [5.74, 6) is 0. The summed E-state index contributed by atoms with van der Waals surface area (Å²) in [5.41, 5.74) is 6.12. The maximum Gasteiger partial charge on any atom is 0.150 e. The molecule has 1 aliphatic heterocycles. The van der Waals surface area contributed by atoms with E-state index in [1.807, 2.05) is 30.1 Å². The molecule has 0 N–H and O–H groups in total. The van der Waals surface area contributed by atoms with E-state index in [4.69, 9.17) is 0 Å². The first-order valence-corrected chi connectivity index (χ1v) is 10.4. The number of hydrogen-bond acceptors (Lipinski definition) is 4. The number of aldehydes is 1. The second-order valence-corrected chi connectivity index (χ2v) is 8.53. The summed E-state index contributed by atoms with van der Waals surface area (Å²) in [7, 11) is 6.27. The van der Waals surface area contributed by atoms with Crippen molar-refractivity contribution in [3.63, 3.8) is 0 Å². The number of carbonyl (C=O) groups excluding carboxylic acids is 1. The minimum atomic E-state index is 0.240. The summed E-state index contributed by atoms with van der Waals surface area (Å²) in [4.78, 5) is 16.7. The van der Waals surface area contributed by atoms with Crippen molar-refractivity contribution in [3.05, 3.63) is 47.4 Å². The van der Waals surface area contributed by atoms with Crippen molar-refractivity contribution in [3.8, 4) is 11.3 Å². The predicted molar refractivity (Wildman–Crippen MR) is 116 cm³/mol. The van der Waals surface area contributed by atoms with Crippen LogP contribution in [0.1, 0.15) is 47.4 Å². The number of pyridine rings is 1. The van der Waals surface area contributed by atoms with Gasteiger partial charge >= 0.3 is 0 Å². The van der Waals surface area contributed by atoms with Gasteiger partial charge in [0.15, 0.2) is 0 Å². The number of likely N-dealkylation sites (tertiary alicyclic amines) is 1. The largest absolute Gasteiger partial charge is 0.318 e. The van der Waals surface area contributed by atoms with E-state index < -0.39 is 0 Å². The Kier molecular flexibility index (Phi) is 5.32. The second-order valence-electron chi connectivity index (χ2n) is 8.53. The number of rotatable bonds is 5. The van der Waals surface area contributed by atoms with Crippen LogP contribution in [-0.4, -0.2) is 63.5 Å². The standard InChI is InChI=1S/C23H31N5O/c1-16-19(15-29)13-21-12-18(22-8-9-26(5)24-22)14-28(21)23(16)17(2)27-10-6-20(7-11-27)25(3)4/h8-9,12-15,17,20H,6-7,10-11H2,1-5H3. The van der Waals surface area contributed by atoms with E-state index in [1.165, 1.54) is 18.5 Å². The zero-order chi connectivity index (χ0) is 20.7. The molecule has 3 aromatic heterocycles. The minimum Gasteiger partial charge on any atom is -0.318 e. The Morgan fingerprint density at radius 3 is 2.55 bits per heavy atom. The predicted octanol–water partition coefficient (Wildman–Crippen LogP) is 3.55. The lowest BCUT2D eigenvalue weighted by atomic mass is 9.98. The maximum absolute atomic E-state index is 11.8. The average molecular weight is 394 g/mol. The summed E-state index contributed by atoms with van der Waals surface area (Å²) in [6.07, 6.45) is 7.46. The summed E-state index contributed by atoms with van der Waals surface area (Å²) < 4.78 is 4.08. The quantitative estimate of drug-likeness (QED) is 0.622. The number of aromatic nitrogens is 3. The van der Waals surface area contributed by atoms with Gasteiger partial charge < -0.3 is 9.30 Å². The van der Waals surface area contributed by atoms with E-state index in [0.29, 0.717) is 6.04 Å². The Labute approximate surface area is 172 Å². The van der Waals surface area contributed by atoms with Crippen molar-refractivity contribution in [2.75, 3.05) is 27.2 Å². The lowest BCUT2D eigenvalue weighted by molar-refractivity contribution is 0.111. The highest BCUT2D eigenvalue weighted by molar-refractivity contribution is 5.82. The van der Waals surface area contributed by atoms with Crippen molar-refractivity contribution in [1.82, 2.24) is 24.0 Å². The number of hydrogen-bond donors (Lipinski definition) is 0. The summed E-state index contributed by atoms with van der Waals surface area (Å²) in [6, 6.07) is 7.04. The topological polar surface area (TPSA) is 45.8 Å². The van der Waals surface area contributed by atoms with E-state index >= 15 is 0 Å². The van der Waals surface area contributed by atoms with E-state index in [1.54, 1.807) is 0 Å². The SMILES string of the molecule is Cc1c(C=O)cc2cc(-c3ccn(C)n3)cn2c1C(C)N1CCC(N(C)C)CC1. The molecule has 1 unspecified atom stereocenters. The van der Waals surface area contributed by atoms with E-state index in [-0.39, 0.29) is 6.04 Å². The zero-order valence-corrected chi connectivity index (χ0v) is 18.1. The molecule has 0 amide bonds. The molecule has 0 spiro atoms. The molecular weight excluding hydrogens is 362 g/mol. The molecule has 3 aromatic rings. The monoisotopic (exact) mass is 393 g/mol. The number of carbonyl (C=O) groups is 1. The van der Waals surface area contributed by atoms with E-state index in [2.05, 4.69) is 59.5 Å². The number of aryl methyl sites for hydroxylation is 1. The molecular formula is C23H31N5O. The highest BCUT2D eigenvalue weighted by atomic mass is 16.1. The molecule has 0 bridgehead atoms. The van der Waals surface area contributed by atoms with Crippen LogP contribution in [0.5, 0.6) is 0 Å². The Morgan fingerprint density at radius 2 is 1.97 bits per heavy atom. The van der Waals surface area contributed by atoms with Crippen LogP contribution in [0.15, 0.2) is 30.6 Å². The van der Waals surface area contributed by atoms with Crippen LogP contribution in [0.4, 0.5) is 0 Å². The van der Waals surface area contributed by atoms with Gasteiger partial charge in [0, 0.05) is 67.0 Å². The Morgan fingerprint density at radius 1 is 1.24 bits per heavy atom. The van der Waals surface area contributed by atoms with Crippen LogP contribution in [-0.2, 0) is 7.05 Å². The summed E-state index contributed by atoms with van der Waals surface area (Å²) in [5, 5.41) is 4.55. The number of fused-ring (bicyclic) bond motifs is 1. The van der Waals surface area contributed by atoms with Crippen LogP contribution in [0, 0.1) is 6.92 Å². The van der Waals surface area contributed by atoms with Gasteiger partial charge in [0.2, 0.25) is 0 Å². The van der Waals surface area contributed by atoms with Gasteiger partial charge in [0.05, 0.1) is 5.69 Å². The third-order valence-corrected chi connectivity index (χ3v) is 6.54. The Bertz CT molecular complexity index is 1020. The fourth-order valence-electron chi connectivity index (χ4n) is 4.70. The normalized spacial score (nSPS) is 17.3. The molecule has 0 aliphatic carbocycles. The van der Waals surface area contributed by atoms with Gasteiger partial charge in [-0.25, -0.2) is 0 Å². The fourth-order valence-corrected chi connectivity index (χ4v) is 4.70. The van der Waals surface area contributed by atoms with Gasteiger partial charge in [0.25, 0.3) is 0 Å². The van der Waals surface area contributed by atoms with Crippen molar-refractivity contribution in [2.24, 2.45) is 7.05 Å². The molecule has 1 atom stereocenters. The molecule has 1 saturated heterocycles. The van der Waals surface area contributed by atoms with Gasteiger partial charge in [-0.2, -0.15) is 5.10 Å². The average Bonchev–Trinajstić information content (AvgIpc) is 3.33. The zero-order valence-electron chi connectivity index (χ0n) is 18.1. The van der Waals surface area contributed by atoms with E-state index in [0.717, 1.165) is 47.3 Å². The van der Waals surface area contributed by atoms with Crippen LogP contribution in [0.25, 0.3) is 16.8 Å². The Balaban J connectivity index is 1.75.